The lowest BCUT2D eigenvalue weighted by Crippen LogP contribution is -2.27. The monoisotopic (exact) mass is 436 g/mol. The third-order valence-corrected chi connectivity index (χ3v) is 4.99. The molecule has 0 spiro atoms. The van der Waals surface area contributed by atoms with Crippen LogP contribution < -0.4 is 10.1 Å². The average molecular weight is 436 g/mol. The summed E-state index contributed by atoms with van der Waals surface area (Å²) in [5.74, 6) is 0.534. The van der Waals surface area contributed by atoms with Crippen LogP contribution in [0.5, 0.6) is 11.5 Å². The number of aromatic nitrogens is 1. The summed E-state index contributed by atoms with van der Waals surface area (Å²) in [5, 5.41) is 4.43. The molecule has 0 fully saturated rings. The van der Waals surface area contributed by atoms with Gasteiger partial charge in [-0.1, -0.05) is 18.2 Å². The van der Waals surface area contributed by atoms with Crippen molar-refractivity contribution in [2.75, 3.05) is 0 Å². The molecular weight excluding hydrogens is 417 g/mol. The predicted octanol–water partition coefficient (Wildman–Crippen LogP) is 6.54. The maximum Gasteiger partial charge on any atom is 0.416 e. The van der Waals surface area contributed by atoms with Crippen LogP contribution in [-0.2, 0) is 6.18 Å². The van der Waals surface area contributed by atoms with Crippen LogP contribution in [0.2, 0.25) is 0 Å². The van der Waals surface area contributed by atoms with Crippen molar-refractivity contribution < 1.29 is 22.7 Å². The normalized spacial score (nSPS) is 12.4. The van der Waals surface area contributed by atoms with E-state index >= 15 is 0 Å². The summed E-state index contributed by atoms with van der Waals surface area (Å²) >= 11 is 0. The van der Waals surface area contributed by atoms with Gasteiger partial charge < -0.3 is 10.1 Å². The van der Waals surface area contributed by atoms with E-state index in [-0.39, 0.29) is 17.7 Å². The quantitative estimate of drug-likeness (QED) is 0.387. The van der Waals surface area contributed by atoms with Gasteiger partial charge in [0.25, 0.3) is 5.91 Å². The first kappa shape index (κ1) is 21.4. The van der Waals surface area contributed by atoms with Gasteiger partial charge in [0, 0.05) is 17.1 Å². The molecule has 32 heavy (non-hydrogen) atoms. The van der Waals surface area contributed by atoms with Gasteiger partial charge >= 0.3 is 6.18 Å². The number of amides is 1. The summed E-state index contributed by atoms with van der Waals surface area (Å²) in [4.78, 5) is 17.0. The summed E-state index contributed by atoms with van der Waals surface area (Å²) in [7, 11) is 0. The minimum Gasteiger partial charge on any atom is -0.457 e. The number of carbonyl (C=O) groups is 1. The van der Waals surface area contributed by atoms with Crippen LogP contribution in [0.15, 0.2) is 85.1 Å². The molecule has 162 valence electrons. The third-order valence-electron chi connectivity index (χ3n) is 4.99. The summed E-state index contributed by atoms with van der Waals surface area (Å²) in [6.45, 7) is 1.86. The van der Waals surface area contributed by atoms with E-state index in [1.165, 1.54) is 12.1 Å². The largest absolute Gasteiger partial charge is 0.457 e. The fourth-order valence-corrected chi connectivity index (χ4v) is 3.31. The van der Waals surface area contributed by atoms with Crippen LogP contribution >= 0.6 is 0 Å². The maximum atomic E-state index is 12.8. The van der Waals surface area contributed by atoms with Crippen LogP contribution in [0, 0.1) is 0 Å². The molecule has 1 N–H and O–H groups in total. The van der Waals surface area contributed by atoms with Gasteiger partial charge in [0.15, 0.2) is 0 Å². The van der Waals surface area contributed by atoms with Gasteiger partial charge in [0.1, 0.15) is 11.5 Å². The average Bonchev–Trinajstić information content (AvgIpc) is 2.79. The van der Waals surface area contributed by atoms with Crippen LogP contribution in [0.25, 0.3) is 10.8 Å². The molecule has 0 aliphatic carbocycles. The topological polar surface area (TPSA) is 51.2 Å². The van der Waals surface area contributed by atoms with Crippen molar-refractivity contribution in [3.63, 3.8) is 0 Å². The molecule has 1 unspecified atom stereocenters. The molecule has 0 saturated carbocycles. The first-order chi connectivity index (χ1) is 15.3. The molecule has 4 aromatic rings. The maximum absolute atomic E-state index is 12.8. The Hall–Kier alpha value is -3.87. The van der Waals surface area contributed by atoms with Crippen LogP contribution in [0.4, 0.5) is 13.2 Å². The van der Waals surface area contributed by atoms with Crippen molar-refractivity contribution in [2.24, 2.45) is 0 Å². The molecule has 4 nitrogen and oxygen atoms in total. The van der Waals surface area contributed by atoms with E-state index < -0.39 is 11.7 Å². The highest BCUT2D eigenvalue weighted by atomic mass is 19.4. The molecule has 0 saturated heterocycles. The number of halogens is 3. The summed E-state index contributed by atoms with van der Waals surface area (Å²) in [5.41, 5.74) is 0.499. The highest BCUT2D eigenvalue weighted by Gasteiger charge is 2.30. The Labute approximate surface area is 182 Å². The number of rotatable bonds is 5. The summed E-state index contributed by atoms with van der Waals surface area (Å²) < 4.78 is 44.1. The molecule has 7 heteroatoms. The van der Waals surface area contributed by atoms with E-state index in [1.807, 2.05) is 31.2 Å². The fourth-order valence-electron chi connectivity index (χ4n) is 3.31. The molecule has 3 aromatic carbocycles. The number of carbonyl (C=O) groups excluding carboxylic acids is 1. The molecule has 0 aliphatic rings. The summed E-state index contributed by atoms with van der Waals surface area (Å²) in [6, 6.07) is 20.3. The first-order valence-corrected chi connectivity index (χ1v) is 9.91. The molecule has 0 aliphatic heterocycles. The van der Waals surface area contributed by atoms with Gasteiger partial charge in [-0.2, -0.15) is 13.2 Å². The predicted molar refractivity (Wildman–Crippen MR) is 116 cm³/mol. The van der Waals surface area contributed by atoms with E-state index in [2.05, 4.69) is 10.3 Å². The van der Waals surface area contributed by atoms with Crippen LogP contribution in [-0.4, -0.2) is 10.9 Å². The van der Waals surface area contributed by atoms with Gasteiger partial charge in [0.05, 0.1) is 17.3 Å². The molecular formula is C25H19F3N2O2. The standard InChI is InChI=1S/C25H19F3N2O2/c1-16(22-6-2-3-14-29-22)30-24(31)18-8-13-21-17(15-18)5-4-7-23(21)32-20-11-9-19(10-12-20)25(26,27)28/h2-16H,1H3,(H,30,31). The van der Waals surface area contributed by atoms with E-state index in [0.29, 0.717) is 11.3 Å². The summed E-state index contributed by atoms with van der Waals surface area (Å²) in [6.07, 6.45) is -2.73. The second kappa shape index (κ2) is 8.70. The Balaban J connectivity index is 1.54. The number of nitrogens with one attached hydrogen (secondary N) is 1. The van der Waals surface area contributed by atoms with Crippen molar-refractivity contribution in [1.29, 1.82) is 0 Å². The Kier molecular flexibility index (Phi) is 5.81. The molecule has 0 radical (unpaired) electrons. The lowest BCUT2D eigenvalue weighted by atomic mass is 10.1. The van der Waals surface area contributed by atoms with E-state index in [0.717, 1.165) is 28.6 Å². The van der Waals surface area contributed by atoms with Crippen molar-refractivity contribution >= 4 is 16.7 Å². The Morgan fingerprint density at radius 2 is 1.75 bits per heavy atom. The highest BCUT2D eigenvalue weighted by molar-refractivity contribution is 6.00. The van der Waals surface area contributed by atoms with Crippen LogP contribution in [0.3, 0.4) is 0 Å². The van der Waals surface area contributed by atoms with E-state index in [1.54, 1.807) is 36.5 Å². The molecule has 1 heterocycles. The number of benzene rings is 3. The Morgan fingerprint density at radius 1 is 0.969 bits per heavy atom. The second-order valence-corrected chi connectivity index (χ2v) is 7.27. The van der Waals surface area contributed by atoms with Crippen molar-refractivity contribution in [3.05, 3.63) is 102 Å². The minimum absolute atomic E-state index is 0.237. The number of pyridine rings is 1. The lowest BCUT2D eigenvalue weighted by Gasteiger charge is -2.14. The number of ether oxygens (including phenoxy) is 1. The molecule has 1 amide bonds. The van der Waals surface area contributed by atoms with Crippen molar-refractivity contribution in [1.82, 2.24) is 10.3 Å². The minimum atomic E-state index is -4.40. The van der Waals surface area contributed by atoms with Gasteiger partial charge in [-0.3, -0.25) is 9.78 Å². The van der Waals surface area contributed by atoms with Crippen molar-refractivity contribution in [3.8, 4) is 11.5 Å². The lowest BCUT2D eigenvalue weighted by molar-refractivity contribution is -0.137. The van der Waals surface area contributed by atoms with Crippen molar-refractivity contribution in [2.45, 2.75) is 19.1 Å². The Morgan fingerprint density at radius 3 is 2.44 bits per heavy atom. The Bertz CT molecular complexity index is 1240. The molecule has 4 rings (SSSR count). The first-order valence-electron chi connectivity index (χ1n) is 9.91. The second-order valence-electron chi connectivity index (χ2n) is 7.27. The molecule has 1 aromatic heterocycles. The van der Waals surface area contributed by atoms with Crippen LogP contribution in [0.1, 0.15) is 34.6 Å². The number of alkyl halides is 3. The zero-order valence-electron chi connectivity index (χ0n) is 17.1. The van der Waals surface area contributed by atoms with Gasteiger partial charge in [-0.25, -0.2) is 0 Å². The van der Waals surface area contributed by atoms with E-state index in [4.69, 9.17) is 4.74 Å². The zero-order valence-corrected chi connectivity index (χ0v) is 17.1. The van der Waals surface area contributed by atoms with Gasteiger partial charge in [-0.15, -0.1) is 0 Å². The SMILES string of the molecule is CC(NC(=O)c1ccc2c(Oc3ccc(C(F)(F)F)cc3)cccc2c1)c1ccccn1. The number of hydrogen-bond donors (Lipinski definition) is 1. The molecule has 0 bridgehead atoms. The number of fused-ring (bicyclic) bond motifs is 1. The van der Waals surface area contributed by atoms with E-state index in [9.17, 15) is 18.0 Å². The molecule has 1 atom stereocenters. The van der Waals surface area contributed by atoms with Gasteiger partial charge in [0.2, 0.25) is 0 Å². The number of hydrogen-bond acceptors (Lipinski definition) is 3. The third kappa shape index (κ3) is 4.72. The fraction of sp³-hybridized carbons (Fsp3) is 0.120. The zero-order chi connectivity index (χ0) is 22.7. The number of nitrogens with zero attached hydrogens (tertiary/aromatic N) is 1. The van der Waals surface area contributed by atoms with Gasteiger partial charge in [-0.05, 0) is 73.0 Å². The highest BCUT2D eigenvalue weighted by Crippen LogP contribution is 2.33. The smallest absolute Gasteiger partial charge is 0.416 e.